The largest absolute Gasteiger partial charge is 0.478 e. The van der Waals surface area contributed by atoms with Crippen LogP contribution in [-0.2, 0) is 6.54 Å². The first-order chi connectivity index (χ1) is 11.6. The fourth-order valence-electron chi connectivity index (χ4n) is 2.36. The normalized spacial score (nSPS) is 11.6. The lowest BCUT2D eigenvalue weighted by atomic mass is 10.1. The zero-order chi connectivity index (χ0) is 16.9. The fraction of sp³-hybridized carbons (Fsp3) is 0.111. The monoisotopic (exact) mass is 394 g/mol. The van der Waals surface area contributed by atoms with Gasteiger partial charge in [0.25, 0.3) is 0 Å². The third-order valence-corrected chi connectivity index (χ3v) is 5.14. The van der Waals surface area contributed by atoms with Gasteiger partial charge in [-0.2, -0.15) is 0 Å². The molecule has 1 heterocycles. The number of aromatic nitrogens is 2. The molecular formula is C18H16Cl2N2O2S. The van der Waals surface area contributed by atoms with Crippen LogP contribution >= 0.6 is 35.8 Å². The van der Waals surface area contributed by atoms with E-state index in [0.29, 0.717) is 0 Å². The topological polar surface area (TPSA) is 55.1 Å². The molecule has 0 bridgehead atoms. The van der Waals surface area contributed by atoms with Crippen LogP contribution in [-0.4, -0.2) is 20.6 Å². The highest BCUT2D eigenvalue weighted by Gasteiger charge is 2.17. The van der Waals surface area contributed by atoms with Gasteiger partial charge in [-0.15, -0.1) is 24.2 Å². The van der Waals surface area contributed by atoms with Gasteiger partial charge in [0, 0.05) is 28.9 Å². The Morgan fingerprint density at radius 1 is 1.20 bits per heavy atom. The number of halogens is 2. The van der Waals surface area contributed by atoms with Crippen molar-refractivity contribution in [2.75, 3.05) is 0 Å². The summed E-state index contributed by atoms with van der Waals surface area (Å²) in [5.74, 6) is -0.924. The van der Waals surface area contributed by atoms with Gasteiger partial charge in [0.15, 0.2) is 0 Å². The van der Waals surface area contributed by atoms with Crippen LogP contribution in [0.25, 0.3) is 0 Å². The van der Waals surface area contributed by atoms with Crippen LogP contribution in [0.3, 0.4) is 0 Å². The molecule has 25 heavy (non-hydrogen) atoms. The van der Waals surface area contributed by atoms with Gasteiger partial charge in [-0.3, -0.25) is 0 Å². The zero-order valence-electron chi connectivity index (χ0n) is 13.1. The van der Waals surface area contributed by atoms with E-state index < -0.39 is 5.97 Å². The Kier molecular flexibility index (Phi) is 6.93. The minimum Gasteiger partial charge on any atom is -0.478 e. The van der Waals surface area contributed by atoms with Gasteiger partial charge in [-0.1, -0.05) is 29.8 Å². The highest BCUT2D eigenvalue weighted by atomic mass is 35.5. The SMILES string of the molecule is Cl.O=C(O)c1ccc(SC(Cn2ccnc2)c2ccccc2Cl)cc1. The molecule has 1 aromatic heterocycles. The van der Waals surface area contributed by atoms with E-state index in [0.717, 1.165) is 22.0 Å². The van der Waals surface area contributed by atoms with Gasteiger partial charge in [0.2, 0.25) is 0 Å². The average molecular weight is 395 g/mol. The van der Waals surface area contributed by atoms with E-state index in [-0.39, 0.29) is 23.2 Å². The maximum Gasteiger partial charge on any atom is 0.335 e. The number of hydrogen-bond donors (Lipinski definition) is 1. The van der Waals surface area contributed by atoms with Crippen molar-refractivity contribution in [3.8, 4) is 0 Å². The van der Waals surface area contributed by atoms with E-state index in [1.54, 1.807) is 36.4 Å². The molecule has 3 rings (SSSR count). The first-order valence-corrected chi connectivity index (χ1v) is 8.59. The molecule has 0 aliphatic rings. The lowest BCUT2D eigenvalue weighted by molar-refractivity contribution is 0.0697. The van der Waals surface area contributed by atoms with Crippen LogP contribution in [0, 0.1) is 0 Å². The number of imidazole rings is 1. The molecule has 130 valence electrons. The molecule has 0 aliphatic carbocycles. The molecule has 0 spiro atoms. The van der Waals surface area contributed by atoms with Crippen molar-refractivity contribution in [2.45, 2.75) is 16.7 Å². The molecule has 4 nitrogen and oxygen atoms in total. The van der Waals surface area contributed by atoms with E-state index in [1.165, 1.54) is 0 Å². The summed E-state index contributed by atoms with van der Waals surface area (Å²) in [5, 5.41) is 9.81. The van der Waals surface area contributed by atoms with Crippen LogP contribution in [0.1, 0.15) is 21.2 Å². The number of thioether (sulfide) groups is 1. The van der Waals surface area contributed by atoms with Crippen LogP contribution in [0.5, 0.6) is 0 Å². The zero-order valence-corrected chi connectivity index (χ0v) is 15.5. The quantitative estimate of drug-likeness (QED) is 0.584. The van der Waals surface area contributed by atoms with Crippen molar-refractivity contribution >= 4 is 41.7 Å². The summed E-state index contributed by atoms with van der Waals surface area (Å²) in [6, 6.07) is 14.7. The van der Waals surface area contributed by atoms with Crippen molar-refractivity contribution in [1.29, 1.82) is 0 Å². The molecule has 7 heteroatoms. The Balaban J connectivity index is 0.00000225. The van der Waals surface area contributed by atoms with Crippen molar-refractivity contribution in [3.05, 3.63) is 83.4 Å². The standard InChI is InChI=1S/C18H15ClN2O2S.ClH/c19-16-4-2-1-3-15(16)17(11-21-10-9-20-12-21)24-14-7-5-13(6-8-14)18(22)23;/h1-10,12,17H,11H2,(H,22,23);1H. The van der Waals surface area contributed by atoms with Crippen LogP contribution in [0.15, 0.2) is 72.1 Å². The van der Waals surface area contributed by atoms with E-state index >= 15 is 0 Å². The molecule has 0 radical (unpaired) electrons. The van der Waals surface area contributed by atoms with Crippen LogP contribution in [0.4, 0.5) is 0 Å². The summed E-state index contributed by atoms with van der Waals surface area (Å²) < 4.78 is 2.01. The molecule has 3 aromatic rings. The summed E-state index contributed by atoms with van der Waals surface area (Å²) in [6.45, 7) is 0.717. The van der Waals surface area contributed by atoms with E-state index in [9.17, 15) is 4.79 Å². The van der Waals surface area contributed by atoms with E-state index in [2.05, 4.69) is 4.98 Å². The minimum absolute atomic E-state index is 0. The lowest BCUT2D eigenvalue weighted by Crippen LogP contribution is -2.05. The van der Waals surface area contributed by atoms with Crippen molar-refractivity contribution in [3.63, 3.8) is 0 Å². The summed E-state index contributed by atoms with van der Waals surface area (Å²) in [7, 11) is 0. The Morgan fingerprint density at radius 3 is 2.52 bits per heavy atom. The Hall–Kier alpha value is -1.95. The van der Waals surface area contributed by atoms with Gasteiger partial charge in [0.1, 0.15) is 0 Å². The van der Waals surface area contributed by atoms with Gasteiger partial charge in [-0.05, 0) is 35.9 Å². The Bertz CT molecular complexity index is 823. The molecule has 1 N–H and O–H groups in total. The second-order valence-electron chi connectivity index (χ2n) is 5.22. The summed E-state index contributed by atoms with van der Waals surface area (Å²) in [4.78, 5) is 16.1. The molecule has 1 atom stereocenters. The number of aromatic carboxylic acids is 1. The predicted molar refractivity (Wildman–Crippen MR) is 103 cm³/mol. The number of benzene rings is 2. The fourth-order valence-corrected chi connectivity index (χ4v) is 3.89. The Morgan fingerprint density at radius 2 is 1.92 bits per heavy atom. The third-order valence-electron chi connectivity index (χ3n) is 3.57. The number of nitrogens with zero attached hydrogens (tertiary/aromatic N) is 2. The van der Waals surface area contributed by atoms with E-state index in [1.807, 2.05) is 47.2 Å². The predicted octanol–water partition coefficient (Wildman–Crippen LogP) is 5.19. The number of hydrogen-bond acceptors (Lipinski definition) is 3. The van der Waals surface area contributed by atoms with Crippen molar-refractivity contribution in [1.82, 2.24) is 9.55 Å². The van der Waals surface area contributed by atoms with Gasteiger partial charge in [0.05, 0.1) is 17.1 Å². The molecule has 0 fully saturated rings. The lowest BCUT2D eigenvalue weighted by Gasteiger charge is -2.19. The van der Waals surface area contributed by atoms with Crippen LogP contribution < -0.4 is 0 Å². The van der Waals surface area contributed by atoms with E-state index in [4.69, 9.17) is 16.7 Å². The second kappa shape index (κ2) is 8.94. The first-order valence-electron chi connectivity index (χ1n) is 7.33. The second-order valence-corrected chi connectivity index (χ2v) is 6.90. The summed E-state index contributed by atoms with van der Waals surface area (Å²) in [6.07, 6.45) is 5.44. The maximum atomic E-state index is 11.0. The average Bonchev–Trinajstić information content (AvgIpc) is 3.08. The number of carboxylic acids is 1. The molecule has 0 amide bonds. The molecule has 0 aliphatic heterocycles. The van der Waals surface area contributed by atoms with Crippen molar-refractivity contribution < 1.29 is 9.90 Å². The molecular weight excluding hydrogens is 379 g/mol. The number of carbonyl (C=O) groups is 1. The molecule has 0 saturated heterocycles. The highest BCUT2D eigenvalue weighted by Crippen LogP contribution is 2.39. The van der Waals surface area contributed by atoms with Gasteiger partial charge >= 0.3 is 5.97 Å². The molecule has 1 unspecified atom stereocenters. The highest BCUT2D eigenvalue weighted by molar-refractivity contribution is 7.99. The minimum atomic E-state index is -0.924. The van der Waals surface area contributed by atoms with Crippen molar-refractivity contribution in [2.24, 2.45) is 0 Å². The smallest absolute Gasteiger partial charge is 0.335 e. The molecule has 2 aromatic carbocycles. The van der Waals surface area contributed by atoms with Gasteiger partial charge in [-0.25, -0.2) is 9.78 Å². The summed E-state index contributed by atoms with van der Waals surface area (Å²) in [5.41, 5.74) is 1.32. The maximum absolute atomic E-state index is 11.0. The Labute approximate surface area is 161 Å². The third kappa shape index (κ3) is 5.01. The van der Waals surface area contributed by atoms with Crippen LogP contribution in [0.2, 0.25) is 5.02 Å². The van der Waals surface area contributed by atoms with Gasteiger partial charge < -0.3 is 9.67 Å². The first kappa shape index (κ1) is 19.4. The molecule has 0 saturated carbocycles. The number of rotatable bonds is 6. The summed E-state index contributed by atoms with van der Waals surface area (Å²) >= 11 is 8.02. The number of carboxylic acid groups (broad SMARTS) is 1.